The molecule has 1 aliphatic carbocycles. The molecule has 17 heavy (non-hydrogen) atoms. The highest BCUT2D eigenvalue weighted by molar-refractivity contribution is 5.33. The van der Waals surface area contributed by atoms with Crippen molar-refractivity contribution in [2.75, 3.05) is 7.11 Å². The lowest BCUT2D eigenvalue weighted by Crippen LogP contribution is -2.30. The number of methoxy groups -OCH3 is 1. The van der Waals surface area contributed by atoms with Gasteiger partial charge >= 0.3 is 0 Å². The molecular formula is C14H20FNO. The number of rotatable bonds is 4. The molecule has 0 aromatic heterocycles. The molecule has 0 unspecified atom stereocenters. The Kier molecular flexibility index (Phi) is 4.37. The first-order chi connectivity index (χ1) is 8.29. The second-order valence-electron chi connectivity index (χ2n) is 4.67. The summed E-state index contributed by atoms with van der Waals surface area (Å²) in [5, 5.41) is 3.49. The first-order valence-corrected chi connectivity index (χ1v) is 6.35. The summed E-state index contributed by atoms with van der Waals surface area (Å²) < 4.78 is 18.4. The lowest BCUT2D eigenvalue weighted by molar-refractivity contribution is 0.364. The van der Waals surface area contributed by atoms with Gasteiger partial charge in [-0.15, -0.1) is 0 Å². The van der Waals surface area contributed by atoms with Gasteiger partial charge in [0.15, 0.2) is 0 Å². The van der Waals surface area contributed by atoms with E-state index in [-0.39, 0.29) is 5.82 Å². The number of hydrogen-bond acceptors (Lipinski definition) is 2. The summed E-state index contributed by atoms with van der Waals surface area (Å²) in [6.45, 7) is 0.686. The first kappa shape index (κ1) is 12.4. The molecule has 1 fully saturated rings. The minimum absolute atomic E-state index is 0.203. The van der Waals surface area contributed by atoms with Crippen molar-refractivity contribution in [3.8, 4) is 5.75 Å². The largest absolute Gasteiger partial charge is 0.496 e. The van der Waals surface area contributed by atoms with Crippen molar-refractivity contribution in [3.63, 3.8) is 0 Å². The van der Waals surface area contributed by atoms with E-state index in [0.29, 0.717) is 12.6 Å². The van der Waals surface area contributed by atoms with Crippen LogP contribution in [0.15, 0.2) is 18.2 Å². The van der Waals surface area contributed by atoms with E-state index in [4.69, 9.17) is 4.74 Å². The minimum atomic E-state index is -0.203. The van der Waals surface area contributed by atoms with Gasteiger partial charge in [0.25, 0.3) is 0 Å². The zero-order chi connectivity index (χ0) is 12.1. The van der Waals surface area contributed by atoms with Crippen molar-refractivity contribution in [2.24, 2.45) is 0 Å². The van der Waals surface area contributed by atoms with Gasteiger partial charge in [0.2, 0.25) is 0 Å². The van der Waals surface area contributed by atoms with E-state index in [1.54, 1.807) is 19.2 Å². The first-order valence-electron chi connectivity index (χ1n) is 6.35. The molecule has 94 valence electrons. The average molecular weight is 237 g/mol. The fourth-order valence-corrected chi connectivity index (χ4v) is 2.45. The quantitative estimate of drug-likeness (QED) is 0.868. The lowest BCUT2D eigenvalue weighted by Gasteiger charge is -2.23. The van der Waals surface area contributed by atoms with E-state index in [9.17, 15) is 4.39 Å². The van der Waals surface area contributed by atoms with Crippen LogP contribution in [0, 0.1) is 5.82 Å². The molecule has 0 amide bonds. The van der Waals surface area contributed by atoms with Gasteiger partial charge in [-0.25, -0.2) is 4.39 Å². The molecule has 3 heteroatoms. The van der Waals surface area contributed by atoms with Crippen molar-refractivity contribution in [1.29, 1.82) is 0 Å². The molecule has 1 aromatic rings. The molecule has 2 nitrogen and oxygen atoms in total. The van der Waals surface area contributed by atoms with Crippen LogP contribution in [0.1, 0.15) is 37.7 Å². The predicted molar refractivity (Wildman–Crippen MR) is 66.7 cm³/mol. The van der Waals surface area contributed by atoms with Crippen LogP contribution in [0.3, 0.4) is 0 Å². The topological polar surface area (TPSA) is 21.3 Å². The van der Waals surface area contributed by atoms with Crippen LogP contribution < -0.4 is 10.1 Å². The second kappa shape index (κ2) is 6.01. The third kappa shape index (κ3) is 3.43. The van der Waals surface area contributed by atoms with Gasteiger partial charge in [-0.1, -0.05) is 19.3 Å². The maximum Gasteiger partial charge on any atom is 0.123 e. The Morgan fingerprint density at radius 3 is 2.76 bits per heavy atom. The Hall–Kier alpha value is -1.09. The lowest BCUT2D eigenvalue weighted by atomic mass is 9.95. The van der Waals surface area contributed by atoms with Gasteiger partial charge in [0.05, 0.1) is 7.11 Å². The van der Waals surface area contributed by atoms with Crippen molar-refractivity contribution >= 4 is 0 Å². The summed E-state index contributed by atoms with van der Waals surface area (Å²) in [4.78, 5) is 0. The molecule has 0 aliphatic heterocycles. The standard InChI is InChI=1S/C14H20FNO/c1-17-14-8-7-12(15)9-11(14)10-16-13-5-3-2-4-6-13/h7-9,13,16H,2-6,10H2,1H3. The smallest absolute Gasteiger partial charge is 0.123 e. The maximum absolute atomic E-state index is 13.2. The van der Waals surface area contributed by atoms with Gasteiger partial charge in [-0.3, -0.25) is 0 Å². The highest BCUT2D eigenvalue weighted by Crippen LogP contribution is 2.21. The highest BCUT2D eigenvalue weighted by atomic mass is 19.1. The van der Waals surface area contributed by atoms with Crippen LogP contribution >= 0.6 is 0 Å². The zero-order valence-corrected chi connectivity index (χ0v) is 10.3. The highest BCUT2D eigenvalue weighted by Gasteiger charge is 2.13. The maximum atomic E-state index is 13.2. The summed E-state index contributed by atoms with van der Waals surface area (Å²) in [5.41, 5.74) is 0.901. The van der Waals surface area contributed by atoms with Crippen LogP contribution in [-0.2, 0) is 6.54 Å². The SMILES string of the molecule is COc1ccc(F)cc1CNC1CCCCC1. The van der Waals surface area contributed by atoms with E-state index in [2.05, 4.69) is 5.32 Å². The molecule has 1 aliphatic rings. The van der Waals surface area contributed by atoms with Gasteiger partial charge in [0.1, 0.15) is 11.6 Å². The van der Waals surface area contributed by atoms with Crippen molar-refractivity contribution in [3.05, 3.63) is 29.6 Å². The van der Waals surface area contributed by atoms with Gasteiger partial charge in [-0.05, 0) is 31.0 Å². The van der Waals surface area contributed by atoms with Crippen LogP contribution in [0.5, 0.6) is 5.75 Å². The summed E-state index contributed by atoms with van der Waals surface area (Å²) in [7, 11) is 1.62. The molecule has 0 saturated heterocycles. The molecule has 0 atom stereocenters. The van der Waals surface area contributed by atoms with Crippen LogP contribution in [0.2, 0.25) is 0 Å². The number of hydrogen-bond donors (Lipinski definition) is 1. The number of benzene rings is 1. The Morgan fingerprint density at radius 2 is 2.06 bits per heavy atom. The van der Waals surface area contributed by atoms with Crippen LogP contribution in [0.25, 0.3) is 0 Å². The normalized spacial score (nSPS) is 17.1. The fourth-order valence-electron chi connectivity index (χ4n) is 2.45. The van der Waals surface area contributed by atoms with E-state index < -0.39 is 0 Å². The third-order valence-corrected chi connectivity index (χ3v) is 3.43. The predicted octanol–water partition coefficient (Wildman–Crippen LogP) is 3.26. The van der Waals surface area contributed by atoms with Gasteiger partial charge in [0, 0.05) is 18.2 Å². The number of nitrogens with one attached hydrogen (secondary N) is 1. The Morgan fingerprint density at radius 1 is 1.29 bits per heavy atom. The van der Waals surface area contributed by atoms with E-state index in [0.717, 1.165) is 11.3 Å². The molecule has 1 aromatic carbocycles. The summed E-state index contributed by atoms with van der Waals surface area (Å²) >= 11 is 0. The Bertz CT molecular complexity index is 361. The molecular weight excluding hydrogens is 217 g/mol. The van der Waals surface area contributed by atoms with E-state index >= 15 is 0 Å². The van der Waals surface area contributed by atoms with Gasteiger partial charge < -0.3 is 10.1 Å². The summed E-state index contributed by atoms with van der Waals surface area (Å²) in [6.07, 6.45) is 6.42. The third-order valence-electron chi connectivity index (χ3n) is 3.43. The summed E-state index contributed by atoms with van der Waals surface area (Å²) in [5.74, 6) is 0.556. The van der Waals surface area contributed by atoms with Crippen LogP contribution in [0.4, 0.5) is 4.39 Å². The zero-order valence-electron chi connectivity index (χ0n) is 10.3. The van der Waals surface area contributed by atoms with E-state index in [1.165, 1.54) is 38.2 Å². The fraction of sp³-hybridized carbons (Fsp3) is 0.571. The summed E-state index contributed by atoms with van der Waals surface area (Å²) in [6, 6.07) is 5.25. The number of halogens is 1. The van der Waals surface area contributed by atoms with Crippen molar-refractivity contribution in [2.45, 2.75) is 44.7 Å². The minimum Gasteiger partial charge on any atom is -0.496 e. The molecule has 1 saturated carbocycles. The van der Waals surface area contributed by atoms with Crippen molar-refractivity contribution in [1.82, 2.24) is 5.32 Å². The molecule has 0 bridgehead atoms. The van der Waals surface area contributed by atoms with Gasteiger partial charge in [-0.2, -0.15) is 0 Å². The average Bonchev–Trinajstić information content (AvgIpc) is 2.38. The van der Waals surface area contributed by atoms with Crippen LogP contribution in [-0.4, -0.2) is 13.2 Å². The Labute approximate surface area is 102 Å². The molecule has 0 heterocycles. The van der Waals surface area contributed by atoms with E-state index in [1.807, 2.05) is 0 Å². The monoisotopic (exact) mass is 237 g/mol. The Balaban J connectivity index is 1.95. The molecule has 0 spiro atoms. The second-order valence-corrected chi connectivity index (χ2v) is 4.67. The molecule has 0 radical (unpaired) electrons. The number of ether oxygens (including phenoxy) is 1. The van der Waals surface area contributed by atoms with Crippen molar-refractivity contribution < 1.29 is 9.13 Å². The molecule has 1 N–H and O–H groups in total. The molecule has 2 rings (SSSR count).